The van der Waals surface area contributed by atoms with Crippen molar-refractivity contribution in [2.75, 3.05) is 45.1 Å². The summed E-state index contributed by atoms with van der Waals surface area (Å²) in [6.45, 7) is 4.79. The molecule has 0 bridgehead atoms. The van der Waals surface area contributed by atoms with E-state index in [4.69, 9.17) is 4.74 Å². The van der Waals surface area contributed by atoms with E-state index in [0.717, 1.165) is 5.56 Å². The quantitative estimate of drug-likeness (QED) is 0.539. The molecule has 0 aromatic heterocycles. The van der Waals surface area contributed by atoms with E-state index in [0.29, 0.717) is 45.4 Å². The second-order valence-electron chi connectivity index (χ2n) is 5.58. The second-order valence-corrected chi connectivity index (χ2v) is 7.67. The highest BCUT2D eigenvalue weighted by molar-refractivity contribution is 7.89. The molecule has 0 amide bonds. The lowest BCUT2D eigenvalue weighted by molar-refractivity contribution is 0.0730. The van der Waals surface area contributed by atoms with Crippen molar-refractivity contribution in [2.45, 2.75) is 13.5 Å². The summed E-state index contributed by atoms with van der Waals surface area (Å²) in [6, 6.07) is 6.23. The highest BCUT2D eigenvalue weighted by Crippen LogP contribution is 2.06. The molecule has 7 nitrogen and oxygen atoms in total. The van der Waals surface area contributed by atoms with Gasteiger partial charge in [0.2, 0.25) is 10.0 Å². The number of guanidine groups is 1. The van der Waals surface area contributed by atoms with Crippen LogP contribution in [-0.4, -0.2) is 63.8 Å². The number of morpholine rings is 1. The van der Waals surface area contributed by atoms with Crippen LogP contribution in [0.1, 0.15) is 12.5 Å². The van der Waals surface area contributed by atoms with E-state index in [1.165, 1.54) is 16.4 Å². The summed E-state index contributed by atoms with van der Waals surface area (Å²) >= 11 is 0. The Bertz CT molecular complexity index is 676. The van der Waals surface area contributed by atoms with E-state index >= 15 is 0 Å². The number of sulfonamides is 1. The van der Waals surface area contributed by atoms with Crippen molar-refractivity contribution in [1.29, 1.82) is 0 Å². The van der Waals surface area contributed by atoms with E-state index in [9.17, 15) is 12.8 Å². The molecule has 0 spiro atoms. The van der Waals surface area contributed by atoms with Crippen LogP contribution in [0.3, 0.4) is 0 Å². The first-order valence-electron chi connectivity index (χ1n) is 8.33. The molecule has 1 aliphatic rings. The van der Waals surface area contributed by atoms with Crippen molar-refractivity contribution in [3.8, 4) is 0 Å². The number of aliphatic imine (C=N–C) groups is 1. The topological polar surface area (TPSA) is 83.0 Å². The lowest BCUT2D eigenvalue weighted by Crippen LogP contribution is -2.45. The number of nitrogens with zero attached hydrogens (tertiary/aromatic N) is 2. The predicted octanol–water partition coefficient (Wildman–Crippen LogP) is 0.543. The Morgan fingerprint density at radius 2 is 2.08 bits per heavy atom. The van der Waals surface area contributed by atoms with Gasteiger partial charge in [0.25, 0.3) is 0 Å². The monoisotopic (exact) mass is 372 g/mol. The summed E-state index contributed by atoms with van der Waals surface area (Å²) in [5, 5.41) is 6.06. The molecule has 1 fully saturated rings. The van der Waals surface area contributed by atoms with Gasteiger partial charge in [-0.3, -0.25) is 0 Å². The molecule has 0 atom stereocenters. The fourth-order valence-corrected chi connectivity index (χ4v) is 3.72. The van der Waals surface area contributed by atoms with Crippen molar-refractivity contribution in [3.63, 3.8) is 0 Å². The van der Waals surface area contributed by atoms with Gasteiger partial charge in [0.05, 0.1) is 25.5 Å². The number of rotatable bonds is 7. The SMILES string of the molecule is CCNC(=NCc1cccc(F)c1)NCCS(=O)(=O)N1CCOCC1. The molecule has 1 aromatic carbocycles. The Kier molecular flexibility index (Phi) is 7.60. The first-order chi connectivity index (χ1) is 12.0. The number of nitrogens with one attached hydrogen (secondary N) is 2. The molecule has 0 unspecified atom stereocenters. The van der Waals surface area contributed by atoms with Gasteiger partial charge in [0.15, 0.2) is 5.96 Å². The molecule has 1 heterocycles. The fourth-order valence-electron chi connectivity index (χ4n) is 2.40. The first kappa shape index (κ1) is 19.6. The van der Waals surface area contributed by atoms with Crippen LogP contribution in [-0.2, 0) is 21.3 Å². The Morgan fingerprint density at radius 1 is 1.32 bits per heavy atom. The highest BCUT2D eigenvalue weighted by Gasteiger charge is 2.23. The Balaban J connectivity index is 1.87. The third kappa shape index (κ3) is 6.60. The number of ether oxygens (including phenoxy) is 1. The fraction of sp³-hybridized carbons (Fsp3) is 0.562. The van der Waals surface area contributed by atoms with Crippen LogP contribution in [0.15, 0.2) is 29.3 Å². The van der Waals surface area contributed by atoms with E-state index in [1.54, 1.807) is 12.1 Å². The molecule has 140 valence electrons. The van der Waals surface area contributed by atoms with Crippen LogP contribution in [0, 0.1) is 5.82 Å². The van der Waals surface area contributed by atoms with Gasteiger partial charge < -0.3 is 15.4 Å². The highest BCUT2D eigenvalue weighted by atomic mass is 32.2. The van der Waals surface area contributed by atoms with Crippen molar-refractivity contribution in [1.82, 2.24) is 14.9 Å². The predicted molar refractivity (Wildman–Crippen MR) is 95.4 cm³/mol. The summed E-state index contributed by atoms with van der Waals surface area (Å²) in [5.41, 5.74) is 0.748. The standard InChI is InChI=1S/C16H25FN4O3S/c1-2-18-16(20-13-14-4-3-5-15(17)12-14)19-6-11-25(22,23)21-7-9-24-10-8-21/h3-5,12H,2,6-11,13H2,1H3,(H2,18,19,20). The van der Waals surface area contributed by atoms with E-state index < -0.39 is 10.0 Å². The average molecular weight is 372 g/mol. The Hall–Kier alpha value is -1.71. The lowest BCUT2D eigenvalue weighted by Gasteiger charge is -2.26. The molecule has 1 aromatic rings. The average Bonchev–Trinajstić information content (AvgIpc) is 2.60. The molecule has 25 heavy (non-hydrogen) atoms. The minimum Gasteiger partial charge on any atom is -0.379 e. The zero-order valence-electron chi connectivity index (χ0n) is 14.4. The van der Waals surface area contributed by atoms with Gasteiger partial charge in [-0.2, -0.15) is 4.31 Å². The van der Waals surface area contributed by atoms with Crippen molar-refractivity contribution >= 4 is 16.0 Å². The number of hydrogen-bond acceptors (Lipinski definition) is 4. The van der Waals surface area contributed by atoms with Gasteiger partial charge in [-0.15, -0.1) is 0 Å². The molecule has 0 aliphatic carbocycles. The van der Waals surface area contributed by atoms with Crippen LogP contribution in [0.4, 0.5) is 4.39 Å². The summed E-state index contributed by atoms with van der Waals surface area (Å²) in [4.78, 5) is 4.36. The van der Waals surface area contributed by atoms with Gasteiger partial charge in [0.1, 0.15) is 5.82 Å². The van der Waals surface area contributed by atoms with Crippen molar-refractivity contribution in [2.24, 2.45) is 4.99 Å². The molecule has 0 radical (unpaired) electrons. The van der Waals surface area contributed by atoms with Gasteiger partial charge in [0, 0.05) is 26.2 Å². The minimum absolute atomic E-state index is 0.0165. The van der Waals surface area contributed by atoms with Gasteiger partial charge in [-0.1, -0.05) is 12.1 Å². The van der Waals surface area contributed by atoms with Crippen LogP contribution >= 0.6 is 0 Å². The lowest BCUT2D eigenvalue weighted by atomic mass is 10.2. The minimum atomic E-state index is -3.31. The third-order valence-electron chi connectivity index (χ3n) is 3.67. The Morgan fingerprint density at radius 3 is 2.76 bits per heavy atom. The molecule has 2 rings (SSSR count). The molecule has 0 saturated carbocycles. The molecule has 9 heteroatoms. The van der Waals surface area contributed by atoms with Gasteiger partial charge in [-0.25, -0.2) is 17.8 Å². The number of benzene rings is 1. The van der Waals surface area contributed by atoms with E-state index in [1.807, 2.05) is 6.92 Å². The van der Waals surface area contributed by atoms with Crippen LogP contribution in [0.25, 0.3) is 0 Å². The van der Waals surface area contributed by atoms with Gasteiger partial charge >= 0.3 is 0 Å². The number of halogens is 1. The molecular formula is C16H25FN4O3S. The maximum Gasteiger partial charge on any atom is 0.215 e. The summed E-state index contributed by atoms with van der Waals surface area (Å²) in [7, 11) is -3.31. The largest absolute Gasteiger partial charge is 0.379 e. The molecule has 1 aliphatic heterocycles. The van der Waals surface area contributed by atoms with Crippen LogP contribution in [0.2, 0.25) is 0 Å². The zero-order chi connectivity index (χ0) is 18.1. The summed E-state index contributed by atoms with van der Waals surface area (Å²) in [5.74, 6) is 0.184. The zero-order valence-corrected chi connectivity index (χ0v) is 15.2. The normalized spacial score (nSPS) is 16.6. The van der Waals surface area contributed by atoms with Crippen molar-refractivity contribution < 1.29 is 17.5 Å². The molecule has 2 N–H and O–H groups in total. The van der Waals surface area contributed by atoms with Crippen LogP contribution < -0.4 is 10.6 Å². The molecule has 1 saturated heterocycles. The van der Waals surface area contributed by atoms with E-state index in [-0.39, 0.29) is 18.1 Å². The number of hydrogen-bond donors (Lipinski definition) is 2. The first-order valence-corrected chi connectivity index (χ1v) is 9.94. The summed E-state index contributed by atoms with van der Waals surface area (Å²) in [6.07, 6.45) is 0. The second kappa shape index (κ2) is 9.69. The molecular weight excluding hydrogens is 347 g/mol. The smallest absolute Gasteiger partial charge is 0.215 e. The van der Waals surface area contributed by atoms with Gasteiger partial charge in [-0.05, 0) is 24.6 Å². The maximum atomic E-state index is 13.2. The third-order valence-corrected chi connectivity index (χ3v) is 5.54. The van der Waals surface area contributed by atoms with E-state index in [2.05, 4.69) is 15.6 Å². The Labute approximate surface area is 148 Å². The summed E-state index contributed by atoms with van der Waals surface area (Å²) < 4.78 is 44.4. The maximum absolute atomic E-state index is 13.2. The van der Waals surface area contributed by atoms with Crippen LogP contribution in [0.5, 0.6) is 0 Å². The van der Waals surface area contributed by atoms with Crippen molar-refractivity contribution in [3.05, 3.63) is 35.6 Å².